The first-order valence-electron chi connectivity index (χ1n) is 9.36. The van der Waals surface area contributed by atoms with E-state index in [4.69, 9.17) is 4.55 Å². The van der Waals surface area contributed by atoms with Gasteiger partial charge in [-0.05, 0) is 31.1 Å². The molecular weight excluding hydrogens is 462 g/mol. The van der Waals surface area contributed by atoms with Gasteiger partial charge in [-0.25, -0.2) is 0 Å². The number of hydrogen-bond acceptors (Lipinski definition) is 6. The maximum atomic E-state index is 13.0. The third kappa shape index (κ3) is 8.13. The van der Waals surface area contributed by atoms with Crippen LogP contribution in [0.2, 0.25) is 0 Å². The van der Waals surface area contributed by atoms with Gasteiger partial charge in [0.05, 0.1) is 11.8 Å². The summed E-state index contributed by atoms with van der Waals surface area (Å²) in [6, 6.07) is 0. The number of ether oxygens (including phenoxy) is 2. The summed E-state index contributed by atoms with van der Waals surface area (Å²) in [5.74, 6) is -8.24. The number of esters is 2. The zero-order valence-corrected chi connectivity index (χ0v) is 17.7. The van der Waals surface area contributed by atoms with Crippen molar-refractivity contribution in [2.45, 2.75) is 64.6 Å². The van der Waals surface area contributed by atoms with E-state index in [1.807, 2.05) is 0 Å². The van der Waals surface area contributed by atoms with Crippen molar-refractivity contribution < 1.29 is 58.4 Å². The second-order valence-corrected chi connectivity index (χ2v) is 9.23. The van der Waals surface area contributed by atoms with E-state index >= 15 is 0 Å². The average molecular weight is 486 g/mol. The number of hydrogen-bond donors (Lipinski definition) is 1. The Morgan fingerprint density at radius 1 is 0.903 bits per heavy atom. The third-order valence-electron chi connectivity index (χ3n) is 5.21. The van der Waals surface area contributed by atoms with E-state index in [1.165, 1.54) is 13.8 Å². The van der Waals surface area contributed by atoms with Gasteiger partial charge in [0.1, 0.15) is 5.75 Å². The van der Waals surface area contributed by atoms with Crippen molar-refractivity contribution in [3.63, 3.8) is 0 Å². The van der Waals surface area contributed by atoms with Crippen molar-refractivity contribution in [1.82, 2.24) is 0 Å². The van der Waals surface area contributed by atoms with E-state index in [0.29, 0.717) is 0 Å². The van der Waals surface area contributed by atoms with Crippen LogP contribution >= 0.6 is 0 Å². The van der Waals surface area contributed by atoms with Gasteiger partial charge in [0.2, 0.25) is 6.10 Å². The largest absolute Gasteiger partial charge is 0.452 e. The summed E-state index contributed by atoms with van der Waals surface area (Å²) in [6.45, 7) is 4.18. The molecule has 0 saturated heterocycles. The molecule has 0 heterocycles. The molecule has 1 aliphatic rings. The number of rotatable bonds is 7. The highest BCUT2D eigenvalue weighted by Crippen LogP contribution is 2.40. The predicted octanol–water partition coefficient (Wildman–Crippen LogP) is 3.53. The van der Waals surface area contributed by atoms with Crippen LogP contribution in [0.5, 0.6) is 0 Å². The van der Waals surface area contributed by atoms with Crippen molar-refractivity contribution in [1.29, 1.82) is 0 Å². The second kappa shape index (κ2) is 9.92. The molecule has 0 aliphatic heterocycles. The topological polar surface area (TPSA) is 107 Å². The Kier molecular flexibility index (Phi) is 8.79. The SMILES string of the molecule is CCC(OC(=O)C1CC(C(=O)OC(CS(=O)(=O)O)C(F)(F)F)C(C)CC1C)C(F)(F)F. The number of halogens is 6. The van der Waals surface area contributed by atoms with E-state index in [-0.39, 0.29) is 6.42 Å². The molecule has 1 rings (SSSR count). The maximum absolute atomic E-state index is 13.0. The number of carbonyl (C=O) groups is 2. The first-order valence-corrected chi connectivity index (χ1v) is 11.0. The monoisotopic (exact) mass is 486 g/mol. The standard InChI is InChI=1S/C17H24F6O7S/c1-4-12(16(18,19)20)29-14(24)10-6-11(9(3)5-8(10)2)15(25)30-13(17(21,22)23)7-31(26,27)28/h8-13H,4-7H2,1-3H3,(H,26,27,28). The quantitative estimate of drug-likeness (QED) is 0.333. The summed E-state index contributed by atoms with van der Waals surface area (Å²) in [5, 5.41) is 0. The molecule has 6 unspecified atom stereocenters. The maximum Gasteiger partial charge on any atom is 0.426 e. The minimum atomic E-state index is -5.30. The Bertz CT molecular complexity index is 749. The van der Waals surface area contributed by atoms with Crippen molar-refractivity contribution in [2.24, 2.45) is 23.7 Å². The first-order chi connectivity index (χ1) is 13.9. The molecule has 0 aromatic carbocycles. The van der Waals surface area contributed by atoms with E-state index in [2.05, 4.69) is 9.47 Å². The normalized spacial score (nSPS) is 27.3. The molecule has 0 radical (unpaired) electrons. The molecular formula is C17H24F6O7S. The van der Waals surface area contributed by atoms with Crippen LogP contribution in [0.3, 0.4) is 0 Å². The first kappa shape index (κ1) is 27.5. The minimum absolute atomic E-state index is 0.108. The molecule has 182 valence electrons. The molecule has 6 atom stereocenters. The second-order valence-electron chi connectivity index (χ2n) is 7.73. The van der Waals surface area contributed by atoms with Gasteiger partial charge in [-0.3, -0.25) is 14.1 Å². The van der Waals surface area contributed by atoms with Crippen LogP contribution in [-0.2, 0) is 29.2 Å². The fourth-order valence-corrected chi connectivity index (χ4v) is 4.17. The van der Waals surface area contributed by atoms with Gasteiger partial charge in [0, 0.05) is 0 Å². The van der Waals surface area contributed by atoms with Crippen LogP contribution < -0.4 is 0 Å². The lowest BCUT2D eigenvalue weighted by Crippen LogP contribution is -2.45. The molecule has 0 aromatic heterocycles. The van der Waals surface area contributed by atoms with E-state index in [9.17, 15) is 44.3 Å². The Balaban J connectivity index is 2.99. The third-order valence-corrected chi connectivity index (χ3v) is 5.93. The highest BCUT2D eigenvalue weighted by Gasteiger charge is 2.49. The lowest BCUT2D eigenvalue weighted by Gasteiger charge is -2.37. The van der Waals surface area contributed by atoms with E-state index < -0.39 is 88.9 Å². The van der Waals surface area contributed by atoms with Gasteiger partial charge in [-0.15, -0.1) is 0 Å². The number of alkyl halides is 6. The van der Waals surface area contributed by atoms with Crippen LogP contribution in [0.15, 0.2) is 0 Å². The molecule has 0 spiro atoms. The molecule has 31 heavy (non-hydrogen) atoms. The van der Waals surface area contributed by atoms with Gasteiger partial charge < -0.3 is 9.47 Å². The fourth-order valence-electron chi connectivity index (χ4n) is 3.53. The Morgan fingerprint density at radius 2 is 1.29 bits per heavy atom. The zero-order chi connectivity index (χ0) is 24.4. The number of carbonyl (C=O) groups excluding carboxylic acids is 2. The van der Waals surface area contributed by atoms with Gasteiger partial charge >= 0.3 is 24.3 Å². The van der Waals surface area contributed by atoms with Gasteiger partial charge in [-0.2, -0.15) is 34.8 Å². The summed E-state index contributed by atoms with van der Waals surface area (Å²) >= 11 is 0. The van der Waals surface area contributed by atoms with E-state index in [0.717, 1.165) is 6.92 Å². The van der Waals surface area contributed by atoms with Gasteiger partial charge in [0.25, 0.3) is 10.1 Å². The lowest BCUT2D eigenvalue weighted by atomic mass is 9.69. The van der Waals surface area contributed by atoms with Crippen LogP contribution in [0, 0.1) is 23.7 Å². The van der Waals surface area contributed by atoms with Gasteiger partial charge in [0.15, 0.2) is 6.10 Å². The van der Waals surface area contributed by atoms with Crippen molar-refractivity contribution in [3.05, 3.63) is 0 Å². The molecule has 14 heteroatoms. The lowest BCUT2D eigenvalue weighted by molar-refractivity contribution is -0.227. The molecule has 0 amide bonds. The zero-order valence-electron chi connectivity index (χ0n) is 16.9. The molecule has 1 aliphatic carbocycles. The smallest absolute Gasteiger partial charge is 0.426 e. The minimum Gasteiger partial charge on any atom is -0.452 e. The van der Waals surface area contributed by atoms with Crippen molar-refractivity contribution in [3.8, 4) is 0 Å². The summed E-state index contributed by atoms with van der Waals surface area (Å²) in [7, 11) is -5.14. The average Bonchev–Trinajstić information content (AvgIpc) is 2.55. The van der Waals surface area contributed by atoms with E-state index in [1.54, 1.807) is 0 Å². The fraction of sp³-hybridized carbons (Fsp3) is 0.882. The molecule has 1 fully saturated rings. The Hall–Kier alpha value is -1.57. The molecule has 0 aromatic rings. The molecule has 7 nitrogen and oxygen atoms in total. The van der Waals surface area contributed by atoms with Crippen LogP contribution in [0.1, 0.15) is 40.0 Å². The van der Waals surface area contributed by atoms with Crippen LogP contribution in [-0.4, -0.2) is 55.2 Å². The van der Waals surface area contributed by atoms with Gasteiger partial charge in [-0.1, -0.05) is 20.8 Å². The van der Waals surface area contributed by atoms with Crippen LogP contribution in [0.25, 0.3) is 0 Å². The highest BCUT2D eigenvalue weighted by atomic mass is 32.2. The Labute approximate surface area is 175 Å². The molecule has 1 N–H and O–H groups in total. The van der Waals surface area contributed by atoms with Crippen LogP contribution in [0.4, 0.5) is 26.3 Å². The van der Waals surface area contributed by atoms with Crippen molar-refractivity contribution in [2.75, 3.05) is 5.75 Å². The Morgan fingerprint density at radius 3 is 1.61 bits per heavy atom. The predicted molar refractivity (Wildman–Crippen MR) is 93.1 cm³/mol. The summed E-state index contributed by atoms with van der Waals surface area (Å²) in [5.41, 5.74) is 0. The summed E-state index contributed by atoms with van der Waals surface area (Å²) in [6.07, 6.45) is -16.5. The highest BCUT2D eigenvalue weighted by molar-refractivity contribution is 7.85. The molecule has 1 saturated carbocycles. The van der Waals surface area contributed by atoms with Crippen molar-refractivity contribution >= 4 is 22.1 Å². The summed E-state index contributed by atoms with van der Waals surface area (Å²) in [4.78, 5) is 24.6. The molecule has 0 bridgehead atoms. The summed E-state index contributed by atoms with van der Waals surface area (Å²) < 4.78 is 117.